The van der Waals surface area contributed by atoms with E-state index in [2.05, 4.69) is 0 Å². The second-order valence-corrected chi connectivity index (χ2v) is 8.13. The van der Waals surface area contributed by atoms with Crippen LogP contribution < -0.4 is 0 Å². The lowest BCUT2D eigenvalue weighted by molar-refractivity contribution is 0.348. The van der Waals surface area contributed by atoms with Crippen LogP contribution in [0.4, 0.5) is 0 Å². The average molecular weight is 343 g/mol. The number of benzene rings is 2. The molecule has 0 saturated heterocycles. The molecule has 5 heteroatoms. The van der Waals surface area contributed by atoms with Gasteiger partial charge < -0.3 is 4.42 Å². The number of nitrogens with zero attached hydrogens (tertiary/aromatic N) is 1. The Morgan fingerprint density at radius 1 is 1.00 bits per heavy atom. The van der Waals surface area contributed by atoms with Gasteiger partial charge in [-0.25, -0.2) is 8.42 Å². The molecule has 0 spiro atoms. The first kappa shape index (κ1) is 16.7. The van der Waals surface area contributed by atoms with Gasteiger partial charge in [0.2, 0.25) is 10.0 Å². The van der Waals surface area contributed by atoms with E-state index >= 15 is 0 Å². The highest BCUT2D eigenvalue weighted by Gasteiger charge is 2.28. The average Bonchev–Trinajstić information content (AvgIpc) is 2.99. The lowest BCUT2D eigenvalue weighted by Crippen LogP contribution is -2.29. The normalized spacial score (nSPS) is 13.5. The molecule has 0 aliphatic heterocycles. The van der Waals surface area contributed by atoms with Crippen molar-refractivity contribution in [1.82, 2.24) is 4.31 Å². The van der Waals surface area contributed by atoms with Gasteiger partial charge in [0.25, 0.3) is 0 Å². The molecule has 0 amide bonds. The van der Waals surface area contributed by atoms with Crippen molar-refractivity contribution in [3.05, 3.63) is 65.4 Å². The minimum absolute atomic E-state index is 0.302. The fraction of sp³-hybridized carbons (Fsp3) is 0.263. The third-order valence-corrected chi connectivity index (χ3v) is 6.48. The van der Waals surface area contributed by atoms with E-state index in [-0.39, 0.29) is 0 Å². The summed E-state index contributed by atoms with van der Waals surface area (Å²) < 4.78 is 33.0. The third kappa shape index (κ3) is 2.85. The van der Waals surface area contributed by atoms with Crippen LogP contribution in [0.3, 0.4) is 0 Å². The van der Waals surface area contributed by atoms with Crippen molar-refractivity contribution >= 4 is 21.0 Å². The van der Waals surface area contributed by atoms with Crippen LogP contribution in [0, 0.1) is 13.8 Å². The fourth-order valence-electron chi connectivity index (χ4n) is 2.64. The summed E-state index contributed by atoms with van der Waals surface area (Å²) >= 11 is 0. The molecule has 0 radical (unpaired) electrons. The monoisotopic (exact) mass is 343 g/mol. The van der Waals surface area contributed by atoms with Crippen molar-refractivity contribution in [1.29, 1.82) is 0 Å². The van der Waals surface area contributed by atoms with Gasteiger partial charge in [-0.1, -0.05) is 24.3 Å². The van der Waals surface area contributed by atoms with Gasteiger partial charge in [0.1, 0.15) is 11.3 Å². The molecule has 24 heavy (non-hydrogen) atoms. The summed E-state index contributed by atoms with van der Waals surface area (Å²) in [6.07, 6.45) is 0. The Bertz CT molecular complexity index is 956. The zero-order chi connectivity index (χ0) is 17.5. The van der Waals surface area contributed by atoms with E-state index < -0.39 is 16.1 Å². The van der Waals surface area contributed by atoms with Gasteiger partial charge in [-0.2, -0.15) is 4.31 Å². The molecular formula is C19H21NO3S. The number of sulfonamides is 1. The number of fused-ring (bicyclic) bond motifs is 1. The van der Waals surface area contributed by atoms with Gasteiger partial charge in [-0.3, -0.25) is 0 Å². The van der Waals surface area contributed by atoms with Crippen molar-refractivity contribution in [2.24, 2.45) is 0 Å². The van der Waals surface area contributed by atoms with Crippen LogP contribution >= 0.6 is 0 Å². The molecule has 3 rings (SSSR count). The van der Waals surface area contributed by atoms with E-state index in [9.17, 15) is 8.42 Å². The Balaban J connectivity index is 1.96. The van der Waals surface area contributed by atoms with Crippen molar-refractivity contribution in [3.63, 3.8) is 0 Å². The van der Waals surface area contributed by atoms with Crippen molar-refractivity contribution < 1.29 is 12.8 Å². The van der Waals surface area contributed by atoms with E-state index in [4.69, 9.17) is 4.42 Å². The molecule has 1 atom stereocenters. The molecule has 0 fully saturated rings. The van der Waals surface area contributed by atoms with Crippen molar-refractivity contribution in [3.8, 4) is 0 Å². The maximum absolute atomic E-state index is 12.9. The predicted octanol–water partition coefficient (Wildman–Crippen LogP) is 4.43. The first-order chi connectivity index (χ1) is 11.3. The summed E-state index contributed by atoms with van der Waals surface area (Å²) in [5.41, 5.74) is 2.79. The SMILES string of the molecule is Cc1ccc(S(=O)(=O)N(C)[C@H](C)c2cc3ccccc3o2)cc1C. The lowest BCUT2D eigenvalue weighted by Gasteiger charge is -2.23. The van der Waals surface area contributed by atoms with E-state index in [1.165, 1.54) is 4.31 Å². The molecule has 1 heterocycles. The highest BCUT2D eigenvalue weighted by Crippen LogP contribution is 2.30. The first-order valence-electron chi connectivity index (χ1n) is 7.84. The largest absolute Gasteiger partial charge is 0.459 e. The Morgan fingerprint density at radius 3 is 2.38 bits per heavy atom. The summed E-state index contributed by atoms with van der Waals surface area (Å²) in [6.45, 7) is 5.71. The Labute approximate surface area is 142 Å². The third-order valence-electron chi connectivity index (χ3n) is 4.56. The van der Waals surface area contributed by atoms with Crippen LogP contribution in [0.5, 0.6) is 0 Å². The number of hydrogen-bond donors (Lipinski definition) is 0. The number of aryl methyl sites for hydroxylation is 2. The van der Waals surface area contributed by atoms with Crippen molar-refractivity contribution in [2.45, 2.75) is 31.7 Å². The Hall–Kier alpha value is -2.11. The number of furan rings is 1. The topological polar surface area (TPSA) is 50.5 Å². The molecule has 126 valence electrons. The minimum atomic E-state index is -3.59. The lowest BCUT2D eigenvalue weighted by atomic mass is 10.1. The summed E-state index contributed by atoms with van der Waals surface area (Å²) in [5.74, 6) is 0.631. The standard InChI is InChI=1S/C19H21NO3S/c1-13-9-10-17(11-14(13)2)24(21,22)20(4)15(3)19-12-16-7-5-6-8-18(16)23-19/h5-12,15H,1-4H3/t15-/m1/s1. The molecular weight excluding hydrogens is 322 g/mol. The van der Waals surface area contributed by atoms with E-state index in [0.29, 0.717) is 10.7 Å². The molecule has 0 bridgehead atoms. The number of rotatable bonds is 4. The minimum Gasteiger partial charge on any atom is -0.459 e. The molecule has 0 N–H and O–H groups in total. The molecule has 0 saturated carbocycles. The predicted molar refractivity (Wildman–Crippen MR) is 95.5 cm³/mol. The van der Waals surface area contributed by atoms with Gasteiger partial charge in [0.15, 0.2) is 0 Å². The molecule has 2 aromatic carbocycles. The van der Waals surface area contributed by atoms with Crippen LogP contribution in [0.25, 0.3) is 11.0 Å². The van der Waals surface area contributed by atoms with Gasteiger partial charge in [-0.05, 0) is 56.2 Å². The van der Waals surface area contributed by atoms with Gasteiger partial charge in [0, 0.05) is 12.4 Å². The van der Waals surface area contributed by atoms with E-state index in [1.807, 2.05) is 57.2 Å². The zero-order valence-electron chi connectivity index (χ0n) is 14.3. The van der Waals surface area contributed by atoms with Gasteiger partial charge in [-0.15, -0.1) is 0 Å². The fourth-order valence-corrected chi connectivity index (χ4v) is 4.05. The summed E-state index contributed by atoms with van der Waals surface area (Å²) in [4.78, 5) is 0.302. The molecule has 3 aromatic rings. The summed E-state index contributed by atoms with van der Waals surface area (Å²) in [7, 11) is -2.00. The maximum Gasteiger partial charge on any atom is 0.243 e. The second kappa shape index (κ2) is 6.07. The molecule has 4 nitrogen and oxygen atoms in total. The molecule has 0 aliphatic carbocycles. The summed E-state index contributed by atoms with van der Waals surface area (Å²) in [6, 6.07) is 14.4. The highest BCUT2D eigenvalue weighted by atomic mass is 32.2. The zero-order valence-corrected chi connectivity index (χ0v) is 15.1. The van der Waals surface area contributed by atoms with Gasteiger partial charge >= 0.3 is 0 Å². The van der Waals surface area contributed by atoms with Crippen molar-refractivity contribution in [2.75, 3.05) is 7.05 Å². The van der Waals surface area contributed by atoms with Gasteiger partial charge in [0.05, 0.1) is 10.9 Å². The van der Waals surface area contributed by atoms with E-state index in [1.54, 1.807) is 19.2 Å². The smallest absolute Gasteiger partial charge is 0.243 e. The Kier molecular flexibility index (Phi) is 4.24. The maximum atomic E-state index is 12.9. The van der Waals surface area contributed by atoms with Crippen LogP contribution in [0.2, 0.25) is 0 Å². The molecule has 1 aromatic heterocycles. The highest BCUT2D eigenvalue weighted by molar-refractivity contribution is 7.89. The van der Waals surface area contributed by atoms with Crippen LogP contribution in [-0.4, -0.2) is 19.8 Å². The number of hydrogen-bond acceptors (Lipinski definition) is 3. The number of para-hydroxylation sites is 1. The first-order valence-corrected chi connectivity index (χ1v) is 9.28. The quantitative estimate of drug-likeness (QED) is 0.704. The van der Waals surface area contributed by atoms with E-state index in [0.717, 1.165) is 22.1 Å². The second-order valence-electron chi connectivity index (χ2n) is 6.13. The van der Waals surface area contributed by atoms with Crippen LogP contribution in [-0.2, 0) is 10.0 Å². The summed E-state index contributed by atoms with van der Waals surface area (Å²) in [5, 5.41) is 0.969. The van der Waals surface area contributed by atoms with Crippen LogP contribution in [0.1, 0.15) is 29.9 Å². The Morgan fingerprint density at radius 2 is 1.71 bits per heavy atom. The van der Waals surface area contributed by atoms with Crippen LogP contribution in [0.15, 0.2) is 57.8 Å². The molecule has 0 aliphatic rings. The molecule has 0 unspecified atom stereocenters.